The van der Waals surface area contributed by atoms with Crippen molar-refractivity contribution in [2.24, 2.45) is 0 Å². The van der Waals surface area contributed by atoms with Gasteiger partial charge in [-0.2, -0.15) is 0 Å². The highest BCUT2D eigenvalue weighted by Crippen LogP contribution is 2.43. The van der Waals surface area contributed by atoms with Crippen LogP contribution in [0.2, 0.25) is 10.0 Å². The third-order valence-corrected chi connectivity index (χ3v) is 6.74. The molecule has 0 saturated carbocycles. The highest BCUT2D eigenvalue weighted by Gasteiger charge is 2.25. The molecule has 0 radical (unpaired) electrons. The first-order chi connectivity index (χ1) is 17.2. The molecular formula is C31H26Cl2N2O. The van der Waals surface area contributed by atoms with Crippen LogP contribution in [0.3, 0.4) is 0 Å². The molecule has 0 aliphatic rings. The molecule has 0 saturated heterocycles. The molecule has 0 bridgehead atoms. The van der Waals surface area contributed by atoms with Crippen LogP contribution in [0.1, 0.15) is 26.3 Å². The summed E-state index contributed by atoms with van der Waals surface area (Å²) in [5.74, 6) is 0.496. The van der Waals surface area contributed by atoms with Gasteiger partial charge in [-0.25, -0.2) is 4.98 Å². The van der Waals surface area contributed by atoms with E-state index < -0.39 is 0 Å². The number of aromatic hydroxyl groups is 1. The number of phenols is 1. The maximum atomic E-state index is 11.0. The van der Waals surface area contributed by atoms with Crippen molar-refractivity contribution in [1.29, 1.82) is 0 Å². The molecule has 0 unspecified atom stereocenters. The van der Waals surface area contributed by atoms with Gasteiger partial charge in [0.05, 0.1) is 22.0 Å². The Bertz CT molecular complexity index is 1520. The van der Waals surface area contributed by atoms with Crippen LogP contribution in [0, 0.1) is 0 Å². The van der Waals surface area contributed by atoms with E-state index in [2.05, 4.69) is 61.7 Å². The normalized spacial score (nSPS) is 11.6. The predicted molar refractivity (Wildman–Crippen MR) is 150 cm³/mol. The van der Waals surface area contributed by atoms with E-state index in [0.717, 1.165) is 28.2 Å². The Morgan fingerprint density at radius 3 is 1.92 bits per heavy atom. The molecule has 1 heterocycles. The van der Waals surface area contributed by atoms with Crippen LogP contribution in [0.4, 0.5) is 0 Å². The molecule has 5 heteroatoms. The smallest absolute Gasteiger partial charge is 0.149 e. The van der Waals surface area contributed by atoms with Gasteiger partial charge in [-0.15, -0.1) is 0 Å². The highest BCUT2D eigenvalue weighted by atomic mass is 35.5. The topological polar surface area (TPSA) is 38.0 Å². The van der Waals surface area contributed by atoms with Crippen LogP contribution >= 0.6 is 23.2 Å². The molecule has 0 aliphatic heterocycles. The van der Waals surface area contributed by atoms with E-state index in [4.69, 9.17) is 28.2 Å². The molecule has 4 aromatic carbocycles. The number of aromatic nitrogens is 2. The average Bonchev–Trinajstić information content (AvgIpc) is 3.27. The fraction of sp³-hybridized carbons (Fsp3) is 0.129. The first kappa shape index (κ1) is 24.2. The van der Waals surface area contributed by atoms with Gasteiger partial charge in [-0.1, -0.05) is 117 Å². The molecule has 0 fully saturated rings. The molecule has 1 N–H and O–H groups in total. The Hall–Kier alpha value is -3.53. The van der Waals surface area contributed by atoms with E-state index in [1.54, 1.807) is 6.07 Å². The van der Waals surface area contributed by atoms with E-state index in [1.165, 1.54) is 11.6 Å². The second-order valence-corrected chi connectivity index (χ2v) is 10.6. The van der Waals surface area contributed by atoms with Gasteiger partial charge < -0.3 is 5.11 Å². The van der Waals surface area contributed by atoms with Gasteiger partial charge in [-0.3, -0.25) is 4.57 Å². The van der Waals surface area contributed by atoms with E-state index in [9.17, 15) is 5.11 Å². The fourth-order valence-electron chi connectivity index (χ4n) is 4.36. The zero-order valence-electron chi connectivity index (χ0n) is 20.3. The van der Waals surface area contributed by atoms with Crippen molar-refractivity contribution in [2.75, 3.05) is 0 Å². The highest BCUT2D eigenvalue weighted by molar-refractivity contribution is 6.36. The van der Waals surface area contributed by atoms with Crippen molar-refractivity contribution in [3.05, 3.63) is 113 Å². The molecule has 180 valence electrons. The van der Waals surface area contributed by atoms with Gasteiger partial charge in [0, 0.05) is 21.8 Å². The second-order valence-electron chi connectivity index (χ2n) is 9.78. The monoisotopic (exact) mass is 512 g/mol. The first-order valence-electron chi connectivity index (χ1n) is 11.8. The minimum absolute atomic E-state index is 0.0203. The number of imidazole rings is 1. The van der Waals surface area contributed by atoms with Crippen LogP contribution in [0.25, 0.3) is 39.6 Å². The van der Waals surface area contributed by atoms with Gasteiger partial charge >= 0.3 is 0 Å². The lowest BCUT2D eigenvalue weighted by Gasteiger charge is -2.20. The minimum atomic E-state index is -0.0575. The Balaban J connectivity index is 1.89. The lowest BCUT2D eigenvalue weighted by Crippen LogP contribution is -2.11. The number of phenolic OH excluding ortho intramolecular Hbond substituents is 1. The quantitative estimate of drug-likeness (QED) is 0.260. The summed E-state index contributed by atoms with van der Waals surface area (Å²) in [7, 11) is 0. The van der Waals surface area contributed by atoms with Crippen molar-refractivity contribution in [1.82, 2.24) is 9.55 Å². The third-order valence-electron chi connectivity index (χ3n) is 6.23. The third kappa shape index (κ3) is 4.53. The van der Waals surface area contributed by atoms with Gasteiger partial charge in [-0.05, 0) is 35.2 Å². The number of hydrogen-bond acceptors (Lipinski definition) is 2. The second kappa shape index (κ2) is 9.50. The predicted octanol–water partition coefficient (Wildman–Crippen LogP) is 9.18. The minimum Gasteiger partial charge on any atom is -0.506 e. The van der Waals surface area contributed by atoms with Crippen LogP contribution in [0.15, 0.2) is 97.1 Å². The summed E-state index contributed by atoms with van der Waals surface area (Å²) in [4.78, 5) is 5.10. The number of halogens is 2. The summed E-state index contributed by atoms with van der Waals surface area (Å²) in [5, 5.41) is 11.6. The average molecular weight is 513 g/mol. The van der Waals surface area contributed by atoms with E-state index in [-0.39, 0.29) is 16.2 Å². The van der Waals surface area contributed by atoms with Crippen LogP contribution in [-0.4, -0.2) is 14.7 Å². The molecule has 1 aromatic heterocycles. The van der Waals surface area contributed by atoms with Gasteiger partial charge in [0.25, 0.3) is 0 Å². The van der Waals surface area contributed by atoms with Gasteiger partial charge in [0.1, 0.15) is 11.6 Å². The van der Waals surface area contributed by atoms with Crippen LogP contribution in [0.5, 0.6) is 5.75 Å². The van der Waals surface area contributed by atoms with Crippen molar-refractivity contribution in [3.8, 4) is 45.3 Å². The van der Waals surface area contributed by atoms with Crippen molar-refractivity contribution < 1.29 is 5.11 Å². The van der Waals surface area contributed by atoms with E-state index in [1.807, 2.05) is 48.5 Å². The molecular weight excluding hydrogens is 487 g/mol. The molecule has 5 aromatic rings. The molecule has 3 nitrogen and oxygen atoms in total. The molecule has 36 heavy (non-hydrogen) atoms. The largest absolute Gasteiger partial charge is 0.506 e. The standard InChI is InChI=1S/C31H26Cl2N2O/c1-31(2,3)22-14-16-24(17-15-22)35-28(21-12-8-5-9-13-21)27(20-10-6-4-7-11-20)34-30(35)25-18-23(32)19-26(33)29(25)36/h4-19,36H,1-3H3. The molecule has 0 atom stereocenters. The molecule has 0 aliphatic carbocycles. The summed E-state index contributed by atoms with van der Waals surface area (Å²) in [5.41, 5.74) is 6.31. The lowest BCUT2D eigenvalue weighted by molar-refractivity contribution is 0.477. The summed E-state index contributed by atoms with van der Waals surface area (Å²) < 4.78 is 2.08. The molecule has 5 rings (SSSR count). The molecule has 0 amide bonds. The SMILES string of the molecule is CC(C)(C)c1ccc(-n2c(-c3cc(Cl)cc(Cl)c3O)nc(-c3ccccc3)c2-c2ccccc2)cc1. The van der Waals surface area contributed by atoms with Gasteiger partial charge in [0.15, 0.2) is 0 Å². The van der Waals surface area contributed by atoms with Gasteiger partial charge in [0.2, 0.25) is 0 Å². The summed E-state index contributed by atoms with van der Waals surface area (Å²) in [6, 6.07) is 31.9. The Kier molecular flexibility index (Phi) is 6.38. The van der Waals surface area contributed by atoms with Crippen molar-refractivity contribution in [2.45, 2.75) is 26.2 Å². The maximum absolute atomic E-state index is 11.0. The zero-order chi connectivity index (χ0) is 25.4. The Morgan fingerprint density at radius 1 is 0.750 bits per heavy atom. The number of hydrogen-bond donors (Lipinski definition) is 1. The Labute approximate surface area is 221 Å². The van der Waals surface area contributed by atoms with E-state index >= 15 is 0 Å². The fourth-order valence-corrected chi connectivity index (χ4v) is 4.85. The van der Waals surface area contributed by atoms with Crippen molar-refractivity contribution in [3.63, 3.8) is 0 Å². The maximum Gasteiger partial charge on any atom is 0.149 e. The number of nitrogens with zero attached hydrogens (tertiary/aromatic N) is 2. The zero-order valence-corrected chi connectivity index (χ0v) is 21.8. The van der Waals surface area contributed by atoms with Crippen molar-refractivity contribution >= 4 is 23.2 Å². The molecule has 0 spiro atoms. The summed E-state index contributed by atoms with van der Waals surface area (Å²) in [6.45, 7) is 6.58. The van der Waals surface area contributed by atoms with Crippen LogP contribution < -0.4 is 0 Å². The number of rotatable bonds is 4. The van der Waals surface area contributed by atoms with Crippen LogP contribution in [-0.2, 0) is 5.41 Å². The summed E-state index contributed by atoms with van der Waals surface area (Å²) in [6.07, 6.45) is 0. The Morgan fingerprint density at radius 2 is 1.33 bits per heavy atom. The lowest BCUT2D eigenvalue weighted by atomic mass is 9.87. The first-order valence-corrected chi connectivity index (χ1v) is 12.5. The summed E-state index contributed by atoms with van der Waals surface area (Å²) >= 11 is 12.7. The van der Waals surface area contributed by atoms with E-state index in [0.29, 0.717) is 16.4 Å². The number of benzene rings is 4.